The Balaban J connectivity index is 0.000000194. The van der Waals surface area contributed by atoms with E-state index in [1.54, 1.807) is 61.5 Å². The van der Waals surface area contributed by atoms with E-state index in [-0.39, 0.29) is 27.9 Å². The van der Waals surface area contributed by atoms with Gasteiger partial charge in [0.15, 0.2) is 0 Å². The third kappa shape index (κ3) is 8.47. The lowest BCUT2D eigenvalue weighted by Gasteiger charge is -2.11. The first-order chi connectivity index (χ1) is 23.9. The molecule has 0 aliphatic heterocycles. The van der Waals surface area contributed by atoms with Gasteiger partial charge in [0.25, 0.3) is 0 Å². The molecule has 0 atom stereocenters. The van der Waals surface area contributed by atoms with E-state index < -0.39 is 35.2 Å². The molecule has 6 aromatic rings. The van der Waals surface area contributed by atoms with Gasteiger partial charge in [-0.25, -0.2) is 27.2 Å². The lowest BCUT2D eigenvalue weighted by Crippen LogP contribution is -2.03. The Kier molecular flexibility index (Phi) is 10.5. The molecule has 4 aromatic carbocycles. The second-order valence-corrected chi connectivity index (χ2v) is 11.1. The number of carboxylic acid groups (broad SMARTS) is 2. The summed E-state index contributed by atoms with van der Waals surface area (Å²) in [5.41, 5.74) is 4.78. The number of nitrogens with one attached hydrogen (secondary N) is 2. The highest BCUT2D eigenvalue weighted by Crippen LogP contribution is 2.27. The summed E-state index contributed by atoms with van der Waals surface area (Å²) in [6.45, 7) is 3.61. The molecule has 0 bridgehead atoms. The molecular formula is C38H28F4N4O4. The van der Waals surface area contributed by atoms with Crippen LogP contribution in [0.15, 0.2) is 109 Å². The molecule has 252 valence electrons. The van der Waals surface area contributed by atoms with Crippen LogP contribution in [0.3, 0.4) is 0 Å². The Morgan fingerprint density at radius 3 is 1.48 bits per heavy atom. The molecule has 0 saturated heterocycles. The first-order valence-electron chi connectivity index (χ1n) is 14.9. The number of nitrogens with zero attached hydrogens (tertiary/aromatic N) is 2. The topological polar surface area (TPSA) is 124 Å². The van der Waals surface area contributed by atoms with E-state index in [9.17, 15) is 37.4 Å². The van der Waals surface area contributed by atoms with Crippen LogP contribution in [0.4, 0.5) is 40.3 Å². The molecule has 0 radical (unpaired) electrons. The van der Waals surface area contributed by atoms with E-state index in [1.165, 1.54) is 24.5 Å². The van der Waals surface area contributed by atoms with Crippen molar-refractivity contribution >= 4 is 34.7 Å². The maximum absolute atomic E-state index is 13.8. The smallest absolute Gasteiger partial charge is 0.337 e. The number of hydrogen-bond acceptors (Lipinski definition) is 6. The van der Waals surface area contributed by atoms with E-state index in [0.29, 0.717) is 28.4 Å². The third-order valence-corrected chi connectivity index (χ3v) is 7.31. The fraction of sp³-hybridized carbons (Fsp3) is 0.0526. The fourth-order valence-corrected chi connectivity index (χ4v) is 4.84. The standard InChI is InChI=1S/2C19H14F2N2O2/c1-11-2-6-18(15(8-11)19(24)25)23-13-4-7-17(22-10-13)14-9-12(20)3-5-16(14)21;1-11-2-6-18(15(8-11)19(24)25)23-13-4-7-17(22-10-13)14-5-3-12(20)9-16(14)21/h2*2-10,23H,1H3,(H,24,25). The summed E-state index contributed by atoms with van der Waals surface area (Å²) in [6, 6.07) is 22.9. The predicted molar refractivity (Wildman–Crippen MR) is 182 cm³/mol. The molecule has 6 rings (SSSR count). The van der Waals surface area contributed by atoms with Crippen LogP contribution in [0.1, 0.15) is 31.8 Å². The minimum atomic E-state index is -1.04. The maximum atomic E-state index is 13.8. The van der Waals surface area contributed by atoms with Crippen LogP contribution in [0.5, 0.6) is 0 Å². The number of hydrogen-bond donors (Lipinski definition) is 4. The molecule has 0 aliphatic rings. The number of carboxylic acids is 2. The number of rotatable bonds is 8. The molecule has 0 spiro atoms. The van der Waals surface area contributed by atoms with Gasteiger partial charge in [-0.3, -0.25) is 9.97 Å². The average molecular weight is 681 g/mol. The molecule has 0 fully saturated rings. The van der Waals surface area contributed by atoms with Crippen molar-refractivity contribution in [3.8, 4) is 22.5 Å². The molecule has 0 unspecified atom stereocenters. The molecule has 0 aliphatic carbocycles. The van der Waals surface area contributed by atoms with Crippen LogP contribution in [0, 0.1) is 37.1 Å². The van der Waals surface area contributed by atoms with Crippen LogP contribution < -0.4 is 10.6 Å². The predicted octanol–water partition coefficient (Wildman–Crippen LogP) is 9.55. The highest BCUT2D eigenvalue weighted by molar-refractivity contribution is 5.96. The van der Waals surface area contributed by atoms with Gasteiger partial charge in [-0.15, -0.1) is 0 Å². The van der Waals surface area contributed by atoms with Gasteiger partial charge in [0.1, 0.15) is 23.3 Å². The summed E-state index contributed by atoms with van der Waals surface area (Å²) in [4.78, 5) is 31.0. The van der Waals surface area contributed by atoms with Crippen molar-refractivity contribution in [2.75, 3.05) is 10.6 Å². The maximum Gasteiger partial charge on any atom is 0.337 e. The van der Waals surface area contributed by atoms with Crippen molar-refractivity contribution in [2.24, 2.45) is 0 Å². The molecule has 0 saturated carbocycles. The summed E-state index contributed by atoms with van der Waals surface area (Å²) in [6.07, 6.45) is 2.90. The molecule has 2 heterocycles. The largest absolute Gasteiger partial charge is 0.478 e. The zero-order chi connectivity index (χ0) is 35.9. The van der Waals surface area contributed by atoms with Crippen molar-refractivity contribution in [3.05, 3.63) is 155 Å². The average Bonchev–Trinajstić information content (AvgIpc) is 3.08. The molecule has 0 amide bonds. The van der Waals surface area contributed by atoms with Gasteiger partial charge in [-0.05, 0) is 92.7 Å². The second kappa shape index (κ2) is 15.1. The summed E-state index contributed by atoms with van der Waals surface area (Å²) < 4.78 is 53.9. The Labute approximate surface area is 283 Å². The number of carbonyl (C=O) groups is 2. The zero-order valence-corrected chi connectivity index (χ0v) is 26.5. The quantitative estimate of drug-likeness (QED) is 0.117. The van der Waals surface area contributed by atoms with E-state index in [0.717, 1.165) is 41.5 Å². The Hall–Kier alpha value is -6.56. The molecule has 8 nitrogen and oxygen atoms in total. The first-order valence-corrected chi connectivity index (χ1v) is 14.9. The van der Waals surface area contributed by atoms with Gasteiger partial charge in [0.05, 0.1) is 57.7 Å². The van der Waals surface area contributed by atoms with Crippen molar-refractivity contribution in [2.45, 2.75) is 13.8 Å². The van der Waals surface area contributed by atoms with E-state index in [1.807, 2.05) is 6.92 Å². The summed E-state index contributed by atoms with van der Waals surface area (Å²) in [5, 5.41) is 24.5. The first kappa shape index (κ1) is 34.8. The third-order valence-electron chi connectivity index (χ3n) is 7.31. The lowest BCUT2D eigenvalue weighted by atomic mass is 10.1. The number of halogens is 4. The van der Waals surface area contributed by atoms with Crippen LogP contribution in [0.25, 0.3) is 22.5 Å². The number of aromatic nitrogens is 2. The molecular weight excluding hydrogens is 652 g/mol. The van der Waals surface area contributed by atoms with Gasteiger partial charge in [0, 0.05) is 17.2 Å². The van der Waals surface area contributed by atoms with Gasteiger partial charge >= 0.3 is 11.9 Å². The summed E-state index contributed by atoms with van der Waals surface area (Å²) in [5.74, 6) is -4.55. The van der Waals surface area contributed by atoms with E-state index in [2.05, 4.69) is 20.6 Å². The van der Waals surface area contributed by atoms with Gasteiger partial charge < -0.3 is 20.8 Å². The SMILES string of the molecule is Cc1ccc(Nc2ccc(-c3cc(F)ccc3F)nc2)c(C(=O)O)c1.Cc1ccc(Nc2ccc(-c3ccc(F)cc3F)nc2)c(C(=O)O)c1. The molecule has 4 N–H and O–H groups in total. The number of anilines is 4. The normalized spacial score (nSPS) is 10.5. The highest BCUT2D eigenvalue weighted by Gasteiger charge is 2.13. The number of pyridine rings is 2. The Bertz CT molecular complexity index is 2190. The van der Waals surface area contributed by atoms with Gasteiger partial charge in [0.2, 0.25) is 0 Å². The Morgan fingerprint density at radius 1 is 0.540 bits per heavy atom. The number of aromatic carboxylic acids is 2. The molecule has 50 heavy (non-hydrogen) atoms. The van der Waals surface area contributed by atoms with E-state index in [4.69, 9.17) is 0 Å². The molecule has 2 aromatic heterocycles. The van der Waals surface area contributed by atoms with Crippen molar-refractivity contribution < 1.29 is 37.4 Å². The fourth-order valence-electron chi connectivity index (χ4n) is 4.84. The summed E-state index contributed by atoms with van der Waals surface area (Å²) in [7, 11) is 0. The van der Waals surface area contributed by atoms with Gasteiger partial charge in [-0.2, -0.15) is 0 Å². The van der Waals surface area contributed by atoms with Crippen LogP contribution in [-0.4, -0.2) is 32.1 Å². The van der Waals surface area contributed by atoms with E-state index >= 15 is 0 Å². The van der Waals surface area contributed by atoms with Crippen LogP contribution in [0.2, 0.25) is 0 Å². The minimum absolute atomic E-state index is 0.0631. The molecule has 12 heteroatoms. The van der Waals surface area contributed by atoms with Crippen molar-refractivity contribution in [3.63, 3.8) is 0 Å². The van der Waals surface area contributed by atoms with Crippen LogP contribution >= 0.6 is 0 Å². The highest BCUT2D eigenvalue weighted by atomic mass is 19.1. The summed E-state index contributed by atoms with van der Waals surface area (Å²) >= 11 is 0. The lowest BCUT2D eigenvalue weighted by molar-refractivity contribution is 0.0687. The van der Waals surface area contributed by atoms with Crippen molar-refractivity contribution in [1.82, 2.24) is 9.97 Å². The monoisotopic (exact) mass is 680 g/mol. The van der Waals surface area contributed by atoms with Crippen LogP contribution in [-0.2, 0) is 0 Å². The number of aryl methyl sites for hydroxylation is 2. The Morgan fingerprint density at radius 2 is 1.02 bits per heavy atom. The number of benzene rings is 4. The minimum Gasteiger partial charge on any atom is -0.478 e. The zero-order valence-electron chi connectivity index (χ0n) is 26.5. The van der Waals surface area contributed by atoms with Gasteiger partial charge in [-0.1, -0.05) is 23.3 Å². The second-order valence-electron chi connectivity index (χ2n) is 11.1. The van der Waals surface area contributed by atoms with Crippen molar-refractivity contribution in [1.29, 1.82) is 0 Å².